The lowest BCUT2D eigenvalue weighted by Gasteiger charge is -2.38. The predicted molar refractivity (Wildman–Crippen MR) is 63.0 cm³/mol. The molecule has 0 radical (unpaired) electrons. The summed E-state index contributed by atoms with van der Waals surface area (Å²) in [7, 11) is 0. The maximum Gasteiger partial charge on any atom is 0.0655 e. The topological polar surface area (TPSA) is 18.5 Å². The van der Waals surface area contributed by atoms with Crippen LogP contribution in [0, 0.1) is 11.3 Å². The molecule has 1 aliphatic rings. The van der Waals surface area contributed by atoms with Gasteiger partial charge in [-0.05, 0) is 32.6 Å². The Morgan fingerprint density at radius 2 is 2.00 bits per heavy atom. The van der Waals surface area contributed by atoms with Gasteiger partial charge in [0.25, 0.3) is 0 Å². The molecule has 0 bridgehead atoms. The molecule has 0 spiro atoms. The average Bonchev–Trinajstić information content (AvgIpc) is 2.60. The Morgan fingerprint density at radius 1 is 1.27 bits per heavy atom. The molecule has 1 fully saturated rings. The van der Waals surface area contributed by atoms with Gasteiger partial charge in [0.15, 0.2) is 0 Å². The van der Waals surface area contributed by atoms with Crippen molar-refractivity contribution in [3.8, 4) is 0 Å². The summed E-state index contributed by atoms with van der Waals surface area (Å²) in [4.78, 5) is 0. The highest BCUT2D eigenvalue weighted by molar-refractivity contribution is 4.95. The van der Waals surface area contributed by atoms with Gasteiger partial charge in [-0.3, -0.25) is 0 Å². The van der Waals surface area contributed by atoms with E-state index in [0.717, 1.165) is 19.8 Å². The average molecular weight is 214 g/mol. The van der Waals surface area contributed by atoms with Crippen LogP contribution in [0.2, 0.25) is 0 Å². The molecule has 0 amide bonds. The summed E-state index contributed by atoms with van der Waals surface area (Å²) >= 11 is 0. The van der Waals surface area contributed by atoms with E-state index in [1.54, 1.807) is 0 Å². The lowest BCUT2D eigenvalue weighted by molar-refractivity contribution is -0.0824. The van der Waals surface area contributed by atoms with E-state index in [0.29, 0.717) is 12.0 Å². The van der Waals surface area contributed by atoms with Gasteiger partial charge in [0.05, 0.1) is 12.7 Å². The highest BCUT2D eigenvalue weighted by atomic mass is 16.5. The van der Waals surface area contributed by atoms with Gasteiger partial charge in [0, 0.05) is 18.6 Å². The van der Waals surface area contributed by atoms with E-state index in [-0.39, 0.29) is 5.41 Å². The van der Waals surface area contributed by atoms with Gasteiger partial charge in [-0.2, -0.15) is 0 Å². The highest BCUT2D eigenvalue weighted by Crippen LogP contribution is 2.46. The van der Waals surface area contributed by atoms with Crippen LogP contribution in [0.1, 0.15) is 47.0 Å². The molecule has 15 heavy (non-hydrogen) atoms. The maximum absolute atomic E-state index is 5.90. The third-order valence-electron chi connectivity index (χ3n) is 3.84. The SMILES string of the molecule is CCOCC1(C(C)C)CCCC1OCC. The standard InChI is InChI=1S/C13H26O2/c1-5-14-10-13(11(3)4)9-7-8-12(13)15-6-2/h11-12H,5-10H2,1-4H3. The molecule has 1 saturated carbocycles. The molecule has 2 unspecified atom stereocenters. The fourth-order valence-electron chi connectivity index (χ4n) is 2.80. The summed E-state index contributed by atoms with van der Waals surface area (Å²) in [5.41, 5.74) is 0.270. The van der Waals surface area contributed by atoms with Crippen molar-refractivity contribution < 1.29 is 9.47 Å². The second-order valence-corrected chi connectivity index (χ2v) is 4.86. The van der Waals surface area contributed by atoms with Gasteiger partial charge in [0.1, 0.15) is 0 Å². The van der Waals surface area contributed by atoms with Crippen LogP contribution in [0.4, 0.5) is 0 Å². The Balaban J connectivity index is 2.68. The summed E-state index contributed by atoms with van der Waals surface area (Å²) < 4.78 is 11.6. The van der Waals surface area contributed by atoms with Crippen LogP contribution in [-0.2, 0) is 9.47 Å². The van der Waals surface area contributed by atoms with E-state index in [4.69, 9.17) is 9.47 Å². The van der Waals surface area contributed by atoms with Crippen LogP contribution in [0.15, 0.2) is 0 Å². The number of hydrogen-bond acceptors (Lipinski definition) is 2. The zero-order valence-corrected chi connectivity index (χ0v) is 10.7. The summed E-state index contributed by atoms with van der Waals surface area (Å²) in [6, 6.07) is 0. The van der Waals surface area contributed by atoms with Crippen LogP contribution < -0.4 is 0 Å². The molecule has 90 valence electrons. The molecule has 0 aliphatic heterocycles. The number of hydrogen-bond donors (Lipinski definition) is 0. The third kappa shape index (κ3) is 2.73. The summed E-state index contributed by atoms with van der Waals surface area (Å²) in [6.07, 6.45) is 4.17. The van der Waals surface area contributed by atoms with Gasteiger partial charge in [0.2, 0.25) is 0 Å². The normalized spacial score (nSPS) is 31.4. The first kappa shape index (κ1) is 13.0. The minimum absolute atomic E-state index is 0.270. The molecular formula is C13H26O2. The summed E-state index contributed by atoms with van der Waals surface area (Å²) in [5.74, 6) is 0.642. The quantitative estimate of drug-likeness (QED) is 0.675. The van der Waals surface area contributed by atoms with Crippen molar-refractivity contribution in [2.24, 2.45) is 11.3 Å². The van der Waals surface area contributed by atoms with Crippen LogP contribution in [0.3, 0.4) is 0 Å². The lowest BCUT2D eigenvalue weighted by Crippen LogP contribution is -2.41. The second kappa shape index (κ2) is 5.86. The predicted octanol–water partition coefficient (Wildman–Crippen LogP) is 3.25. The smallest absolute Gasteiger partial charge is 0.0655 e. The molecule has 2 nitrogen and oxygen atoms in total. The molecule has 2 atom stereocenters. The maximum atomic E-state index is 5.90. The largest absolute Gasteiger partial charge is 0.381 e. The second-order valence-electron chi connectivity index (χ2n) is 4.86. The Labute approximate surface area is 94.3 Å². The first-order valence-electron chi connectivity index (χ1n) is 6.36. The zero-order chi connectivity index (χ0) is 11.3. The first-order chi connectivity index (χ1) is 7.17. The van der Waals surface area contributed by atoms with Crippen molar-refractivity contribution in [3.63, 3.8) is 0 Å². The van der Waals surface area contributed by atoms with E-state index in [1.807, 2.05) is 0 Å². The van der Waals surface area contributed by atoms with E-state index < -0.39 is 0 Å². The monoisotopic (exact) mass is 214 g/mol. The van der Waals surface area contributed by atoms with Gasteiger partial charge >= 0.3 is 0 Å². The Hall–Kier alpha value is -0.0800. The van der Waals surface area contributed by atoms with E-state index >= 15 is 0 Å². The molecule has 2 heteroatoms. The molecule has 0 heterocycles. The van der Waals surface area contributed by atoms with Crippen molar-refractivity contribution in [2.45, 2.75) is 53.1 Å². The fourth-order valence-corrected chi connectivity index (χ4v) is 2.80. The molecule has 0 aromatic rings. The molecule has 0 N–H and O–H groups in total. The van der Waals surface area contributed by atoms with E-state index in [9.17, 15) is 0 Å². The lowest BCUT2D eigenvalue weighted by atomic mass is 9.74. The Morgan fingerprint density at radius 3 is 2.53 bits per heavy atom. The van der Waals surface area contributed by atoms with Gasteiger partial charge < -0.3 is 9.47 Å². The van der Waals surface area contributed by atoms with Crippen LogP contribution in [0.25, 0.3) is 0 Å². The zero-order valence-electron chi connectivity index (χ0n) is 10.7. The van der Waals surface area contributed by atoms with Crippen molar-refractivity contribution >= 4 is 0 Å². The number of rotatable bonds is 6. The van der Waals surface area contributed by atoms with Crippen LogP contribution in [-0.4, -0.2) is 25.9 Å². The Bertz CT molecular complexity index is 179. The van der Waals surface area contributed by atoms with Crippen molar-refractivity contribution in [1.82, 2.24) is 0 Å². The van der Waals surface area contributed by atoms with Crippen molar-refractivity contribution in [3.05, 3.63) is 0 Å². The van der Waals surface area contributed by atoms with E-state index in [2.05, 4.69) is 27.7 Å². The summed E-state index contributed by atoms with van der Waals surface area (Å²) in [5, 5.41) is 0. The molecule has 0 aromatic heterocycles. The molecular weight excluding hydrogens is 188 g/mol. The fraction of sp³-hybridized carbons (Fsp3) is 1.00. The minimum Gasteiger partial charge on any atom is -0.381 e. The highest BCUT2D eigenvalue weighted by Gasteiger charge is 2.45. The van der Waals surface area contributed by atoms with Crippen LogP contribution >= 0.6 is 0 Å². The molecule has 0 saturated heterocycles. The number of ether oxygens (including phenoxy) is 2. The summed E-state index contributed by atoms with van der Waals surface area (Å²) in [6.45, 7) is 11.3. The molecule has 1 aliphatic carbocycles. The van der Waals surface area contributed by atoms with Crippen molar-refractivity contribution in [2.75, 3.05) is 19.8 Å². The Kier molecular flexibility index (Phi) is 5.07. The van der Waals surface area contributed by atoms with E-state index in [1.165, 1.54) is 19.3 Å². The van der Waals surface area contributed by atoms with Crippen LogP contribution in [0.5, 0.6) is 0 Å². The first-order valence-corrected chi connectivity index (χ1v) is 6.36. The van der Waals surface area contributed by atoms with Gasteiger partial charge in [-0.25, -0.2) is 0 Å². The molecule has 0 aromatic carbocycles. The molecule has 1 rings (SSSR count). The third-order valence-corrected chi connectivity index (χ3v) is 3.84. The van der Waals surface area contributed by atoms with Gasteiger partial charge in [-0.1, -0.05) is 20.3 Å². The van der Waals surface area contributed by atoms with Gasteiger partial charge in [-0.15, -0.1) is 0 Å². The minimum atomic E-state index is 0.270. The van der Waals surface area contributed by atoms with Crippen molar-refractivity contribution in [1.29, 1.82) is 0 Å².